The van der Waals surface area contributed by atoms with Gasteiger partial charge in [-0.15, -0.1) is 0 Å². The van der Waals surface area contributed by atoms with Gasteiger partial charge in [0.05, 0.1) is 12.9 Å². The molecule has 0 unspecified atom stereocenters. The lowest BCUT2D eigenvalue weighted by Crippen LogP contribution is -2.07. The smallest absolute Gasteiger partial charge is 0.264 e. The van der Waals surface area contributed by atoms with E-state index in [-0.39, 0.29) is 6.61 Å². The van der Waals surface area contributed by atoms with E-state index in [1.54, 1.807) is 0 Å². The van der Waals surface area contributed by atoms with Crippen molar-refractivity contribution in [2.75, 3.05) is 12.9 Å². The average Bonchev–Trinajstić information content (AvgIpc) is 2.02. The normalized spacial score (nSPS) is 18.9. The molecule has 0 amide bonds. The second-order valence-electron chi connectivity index (χ2n) is 3.07. The van der Waals surface area contributed by atoms with Gasteiger partial charge in [-0.1, -0.05) is 6.08 Å². The third kappa shape index (κ3) is 3.88. The molecule has 0 aromatic carbocycles. The van der Waals surface area contributed by atoms with Gasteiger partial charge in [-0.05, 0) is 31.3 Å². The van der Waals surface area contributed by atoms with Crippen molar-refractivity contribution >= 4 is 10.1 Å². The largest absolute Gasteiger partial charge is 0.266 e. The number of hydrogen-bond donors (Lipinski definition) is 0. The molecule has 0 aromatic rings. The van der Waals surface area contributed by atoms with Crippen molar-refractivity contribution in [1.29, 1.82) is 0 Å². The summed E-state index contributed by atoms with van der Waals surface area (Å²) in [6.07, 6.45) is 7.56. The van der Waals surface area contributed by atoms with Gasteiger partial charge in [-0.2, -0.15) is 8.42 Å². The van der Waals surface area contributed by atoms with Crippen molar-refractivity contribution in [1.82, 2.24) is 0 Å². The van der Waals surface area contributed by atoms with Gasteiger partial charge in [0.2, 0.25) is 0 Å². The first kappa shape index (κ1) is 9.74. The van der Waals surface area contributed by atoms with E-state index in [1.807, 2.05) is 0 Å². The summed E-state index contributed by atoms with van der Waals surface area (Å²) in [5, 5.41) is 0. The monoisotopic (exact) mass is 190 g/mol. The van der Waals surface area contributed by atoms with Crippen molar-refractivity contribution in [3.05, 3.63) is 11.6 Å². The molecule has 0 atom stereocenters. The topological polar surface area (TPSA) is 43.4 Å². The summed E-state index contributed by atoms with van der Waals surface area (Å²) in [5.41, 5.74) is 1.12. The summed E-state index contributed by atoms with van der Waals surface area (Å²) in [6.45, 7) is 0.249. The van der Waals surface area contributed by atoms with Gasteiger partial charge >= 0.3 is 0 Å². The zero-order chi connectivity index (χ0) is 9.03. The fourth-order valence-corrected chi connectivity index (χ4v) is 1.58. The molecule has 70 valence electrons. The lowest BCUT2D eigenvalue weighted by molar-refractivity contribution is 0.345. The van der Waals surface area contributed by atoms with Gasteiger partial charge in [0.15, 0.2) is 0 Å². The van der Waals surface area contributed by atoms with Crippen LogP contribution < -0.4 is 0 Å². The predicted octanol–water partition coefficient (Wildman–Crippen LogP) is 1.46. The Hall–Kier alpha value is -0.350. The van der Waals surface area contributed by atoms with E-state index in [1.165, 1.54) is 6.42 Å². The molecule has 4 heteroatoms. The molecule has 0 saturated heterocycles. The highest BCUT2D eigenvalue weighted by molar-refractivity contribution is 7.85. The van der Waals surface area contributed by atoms with E-state index in [2.05, 4.69) is 10.3 Å². The fourth-order valence-electron chi connectivity index (χ4n) is 1.22. The Bertz CT molecular complexity index is 264. The molecule has 1 aliphatic rings. The fraction of sp³-hybridized carbons (Fsp3) is 0.750. The highest BCUT2D eigenvalue weighted by Gasteiger charge is 2.07. The van der Waals surface area contributed by atoms with Gasteiger partial charge in [0, 0.05) is 0 Å². The van der Waals surface area contributed by atoms with E-state index in [4.69, 9.17) is 0 Å². The quantitative estimate of drug-likeness (QED) is 0.500. The van der Waals surface area contributed by atoms with E-state index < -0.39 is 10.1 Å². The Morgan fingerprint density at radius 3 is 2.75 bits per heavy atom. The molecule has 1 rings (SSSR count). The molecule has 0 aliphatic heterocycles. The zero-order valence-corrected chi connectivity index (χ0v) is 8.06. The maximum atomic E-state index is 10.6. The number of hydrogen-bond acceptors (Lipinski definition) is 3. The molecule has 0 radical (unpaired) electrons. The Kier molecular flexibility index (Phi) is 3.29. The van der Waals surface area contributed by atoms with Crippen molar-refractivity contribution < 1.29 is 12.6 Å². The first-order valence-electron chi connectivity index (χ1n) is 4.10. The summed E-state index contributed by atoms with van der Waals surface area (Å²) in [7, 11) is -3.26. The van der Waals surface area contributed by atoms with E-state index in [0.29, 0.717) is 0 Å². The molecule has 0 saturated carbocycles. The molecule has 0 N–H and O–H groups in total. The Labute approximate surface area is 73.5 Å². The molecule has 3 nitrogen and oxygen atoms in total. The SMILES string of the molecule is CS(=O)(=O)OCC1=CCCCC1. The third-order valence-electron chi connectivity index (χ3n) is 1.84. The second kappa shape index (κ2) is 4.05. The van der Waals surface area contributed by atoms with Crippen LogP contribution >= 0.6 is 0 Å². The van der Waals surface area contributed by atoms with Crippen molar-refractivity contribution in [2.24, 2.45) is 0 Å². The summed E-state index contributed by atoms with van der Waals surface area (Å²) in [5.74, 6) is 0. The number of rotatable bonds is 3. The predicted molar refractivity (Wildman–Crippen MR) is 47.3 cm³/mol. The lowest BCUT2D eigenvalue weighted by Gasteiger charge is -2.11. The molecule has 1 aliphatic carbocycles. The van der Waals surface area contributed by atoms with Gasteiger partial charge in [0.25, 0.3) is 10.1 Å². The minimum absolute atomic E-state index is 0.249. The molecule has 0 fully saturated rings. The molecule has 12 heavy (non-hydrogen) atoms. The number of allylic oxidation sites excluding steroid dienone is 1. The Balaban J connectivity index is 2.36. The summed E-state index contributed by atoms with van der Waals surface area (Å²) < 4.78 is 25.9. The van der Waals surface area contributed by atoms with Crippen LogP contribution in [-0.4, -0.2) is 21.3 Å². The van der Waals surface area contributed by atoms with Gasteiger partial charge < -0.3 is 0 Å². The van der Waals surface area contributed by atoms with Crippen LogP contribution in [0.3, 0.4) is 0 Å². The Morgan fingerprint density at radius 1 is 1.50 bits per heavy atom. The van der Waals surface area contributed by atoms with Crippen molar-refractivity contribution in [3.8, 4) is 0 Å². The minimum atomic E-state index is -3.26. The first-order chi connectivity index (χ1) is 5.58. The van der Waals surface area contributed by atoms with Crippen LogP contribution in [0, 0.1) is 0 Å². The molecule has 0 spiro atoms. The average molecular weight is 190 g/mol. The summed E-state index contributed by atoms with van der Waals surface area (Å²) >= 11 is 0. The van der Waals surface area contributed by atoms with E-state index in [9.17, 15) is 8.42 Å². The minimum Gasteiger partial charge on any atom is -0.266 e. The molecule has 0 bridgehead atoms. The molecule has 0 heterocycles. The van der Waals surface area contributed by atoms with Crippen LogP contribution in [-0.2, 0) is 14.3 Å². The second-order valence-corrected chi connectivity index (χ2v) is 4.72. The van der Waals surface area contributed by atoms with Crippen molar-refractivity contribution in [3.63, 3.8) is 0 Å². The molecular weight excluding hydrogens is 176 g/mol. The summed E-state index contributed by atoms with van der Waals surface area (Å²) in [6, 6.07) is 0. The highest BCUT2D eigenvalue weighted by atomic mass is 32.2. The van der Waals surface area contributed by atoms with Gasteiger partial charge in [-0.3, -0.25) is 4.18 Å². The standard InChI is InChI=1S/C8H14O3S/c1-12(9,10)11-7-8-5-3-2-4-6-8/h5H,2-4,6-7H2,1H3. The van der Waals surface area contributed by atoms with Crippen LogP contribution in [0.1, 0.15) is 25.7 Å². The third-order valence-corrected chi connectivity index (χ3v) is 2.39. The van der Waals surface area contributed by atoms with Crippen LogP contribution in [0.15, 0.2) is 11.6 Å². The Morgan fingerprint density at radius 2 is 2.25 bits per heavy atom. The molecule has 0 aromatic heterocycles. The van der Waals surface area contributed by atoms with E-state index in [0.717, 1.165) is 31.1 Å². The van der Waals surface area contributed by atoms with Gasteiger partial charge in [-0.25, -0.2) is 0 Å². The first-order valence-corrected chi connectivity index (χ1v) is 5.92. The maximum Gasteiger partial charge on any atom is 0.264 e. The van der Waals surface area contributed by atoms with Crippen LogP contribution in [0.25, 0.3) is 0 Å². The van der Waals surface area contributed by atoms with Crippen molar-refractivity contribution in [2.45, 2.75) is 25.7 Å². The van der Waals surface area contributed by atoms with E-state index >= 15 is 0 Å². The molecular formula is C8H14O3S. The van der Waals surface area contributed by atoms with Crippen LogP contribution in [0.2, 0.25) is 0 Å². The summed E-state index contributed by atoms with van der Waals surface area (Å²) in [4.78, 5) is 0. The maximum absolute atomic E-state index is 10.6. The van der Waals surface area contributed by atoms with Crippen LogP contribution in [0.4, 0.5) is 0 Å². The zero-order valence-electron chi connectivity index (χ0n) is 7.25. The van der Waals surface area contributed by atoms with Crippen LogP contribution in [0.5, 0.6) is 0 Å². The lowest BCUT2D eigenvalue weighted by atomic mass is 10.0. The highest BCUT2D eigenvalue weighted by Crippen LogP contribution is 2.17. The van der Waals surface area contributed by atoms with Gasteiger partial charge in [0.1, 0.15) is 0 Å².